The lowest BCUT2D eigenvalue weighted by Crippen LogP contribution is -2.39. The van der Waals surface area contributed by atoms with Gasteiger partial charge in [-0.1, -0.05) is 55.8 Å². The number of ether oxygens (including phenoxy) is 2. The Kier molecular flexibility index (Phi) is 11.2. The number of amides is 1. The van der Waals surface area contributed by atoms with E-state index >= 15 is 0 Å². The lowest BCUT2D eigenvalue weighted by atomic mass is 9.92. The molecular weight excluding hydrogens is 538 g/mol. The zero-order valence-electron chi connectivity index (χ0n) is 24.2. The molecule has 41 heavy (non-hydrogen) atoms. The Labute approximate surface area is 248 Å². The van der Waals surface area contributed by atoms with Gasteiger partial charge in [-0.3, -0.25) is 9.59 Å². The molecule has 0 spiro atoms. The van der Waals surface area contributed by atoms with Crippen LogP contribution in [0.1, 0.15) is 62.0 Å². The molecule has 1 saturated carbocycles. The summed E-state index contributed by atoms with van der Waals surface area (Å²) < 4.78 is 11.2. The van der Waals surface area contributed by atoms with Crippen LogP contribution < -0.4 is 10.1 Å². The molecule has 1 fully saturated rings. The van der Waals surface area contributed by atoms with Gasteiger partial charge in [-0.05, 0) is 87.5 Å². The van der Waals surface area contributed by atoms with Crippen molar-refractivity contribution in [1.82, 2.24) is 15.2 Å². The zero-order valence-corrected chi connectivity index (χ0v) is 25.0. The van der Waals surface area contributed by atoms with Gasteiger partial charge in [-0.2, -0.15) is 0 Å². The first-order valence-corrected chi connectivity index (χ1v) is 14.9. The highest BCUT2D eigenvalue weighted by Gasteiger charge is 2.24. The molecular formula is C33H40ClN3O4. The van der Waals surface area contributed by atoms with Crippen LogP contribution in [0.2, 0.25) is 5.02 Å². The molecule has 0 bridgehead atoms. The van der Waals surface area contributed by atoms with Gasteiger partial charge in [0.2, 0.25) is 0 Å². The number of carbonyl (C=O) groups is 2. The number of hydrogen-bond acceptors (Lipinski definition) is 6. The van der Waals surface area contributed by atoms with E-state index in [2.05, 4.69) is 43.1 Å². The number of pyridine rings is 1. The van der Waals surface area contributed by atoms with Crippen LogP contribution in [0.25, 0.3) is 22.4 Å². The van der Waals surface area contributed by atoms with Crippen LogP contribution in [0, 0.1) is 6.92 Å². The quantitative estimate of drug-likeness (QED) is 0.180. The number of rotatable bonds is 13. The predicted molar refractivity (Wildman–Crippen MR) is 163 cm³/mol. The molecule has 0 unspecified atom stereocenters. The van der Waals surface area contributed by atoms with E-state index < -0.39 is 0 Å². The van der Waals surface area contributed by atoms with E-state index in [0.717, 1.165) is 74.0 Å². The van der Waals surface area contributed by atoms with E-state index in [1.54, 1.807) is 6.07 Å². The summed E-state index contributed by atoms with van der Waals surface area (Å²) in [5, 5.41) is 3.66. The summed E-state index contributed by atoms with van der Waals surface area (Å²) >= 11 is 6.53. The average Bonchev–Trinajstić information content (AvgIpc) is 2.99. The van der Waals surface area contributed by atoms with Gasteiger partial charge in [-0.25, -0.2) is 4.98 Å². The van der Waals surface area contributed by atoms with Crippen molar-refractivity contribution in [3.63, 3.8) is 0 Å². The number of benzene rings is 2. The van der Waals surface area contributed by atoms with Crippen LogP contribution in [0.3, 0.4) is 0 Å². The third kappa shape index (κ3) is 8.08. The average molecular weight is 578 g/mol. The topological polar surface area (TPSA) is 80.8 Å². The standard InChI is InChI=1S/C33H40ClN3O4/c1-4-37(5-2)19-8-20-40-31-21-24(11-17-29(31)34)32-28(27-10-7-6-9-23(27)3)16-18-30(36-32)33(39)35-25-12-14-26(15-13-25)41-22-38/h6-7,9-11,16-18,21-22,25-26H,4-5,8,12-15,19-20H2,1-3H3,(H,35,39). The van der Waals surface area contributed by atoms with E-state index in [4.69, 9.17) is 26.1 Å². The predicted octanol–water partition coefficient (Wildman–Crippen LogP) is 6.70. The van der Waals surface area contributed by atoms with Crippen LogP contribution in [0.5, 0.6) is 5.75 Å². The molecule has 0 atom stereocenters. The van der Waals surface area contributed by atoms with E-state index in [9.17, 15) is 9.59 Å². The third-order valence-electron chi connectivity index (χ3n) is 7.80. The van der Waals surface area contributed by atoms with Crippen molar-refractivity contribution in [2.75, 3.05) is 26.2 Å². The molecule has 0 aliphatic heterocycles. The van der Waals surface area contributed by atoms with Gasteiger partial charge in [0, 0.05) is 23.7 Å². The van der Waals surface area contributed by atoms with Gasteiger partial charge >= 0.3 is 0 Å². The first kappa shape index (κ1) is 30.5. The number of halogens is 1. The second kappa shape index (κ2) is 15.0. The molecule has 3 aromatic rings. The zero-order chi connectivity index (χ0) is 29.2. The van der Waals surface area contributed by atoms with E-state index in [0.29, 0.717) is 35.2 Å². The van der Waals surface area contributed by atoms with Crippen molar-refractivity contribution < 1.29 is 19.1 Å². The van der Waals surface area contributed by atoms with Gasteiger partial charge in [0.25, 0.3) is 12.4 Å². The fraction of sp³-hybridized carbons (Fsp3) is 0.424. The second-order valence-electron chi connectivity index (χ2n) is 10.5. The molecule has 1 heterocycles. The maximum absolute atomic E-state index is 13.3. The molecule has 1 aromatic heterocycles. The first-order chi connectivity index (χ1) is 19.9. The summed E-state index contributed by atoms with van der Waals surface area (Å²) in [5.74, 6) is 0.384. The summed E-state index contributed by atoms with van der Waals surface area (Å²) in [6, 6.07) is 17.6. The lowest BCUT2D eigenvalue weighted by molar-refractivity contribution is -0.135. The molecule has 218 valence electrons. The van der Waals surface area contributed by atoms with E-state index in [1.165, 1.54) is 0 Å². The highest BCUT2D eigenvalue weighted by Crippen LogP contribution is 2.36. The highest BCUT2D eigenvalue weighted by atomic mass is 35.5. The van der Waals surface area contributed by atoms with Crippen molar-refractivity contribution in [3.8, 4) is 28.1 Å². The Bertz CT molecular complexity index is 1320. The largest absolute Gasteiger partial charge is 0.492 e. The SMILES string of the molecule is CCN(CC)CCCOc1cc(-c2nc(C(=O)NC3CCC(OC=O)CC3)ccc2-c2ccccc2C)ccc1Cl. The van der Waals surface area contributed by atoms with Crippen LogP contribution >= 0.6 is 11.6 Å². The molecule has 0 saturated heterocycles. The molecule has 2 aromatic carbocycles. The highest BCUT2D eigenvalue weighted by molar-refractivity contribution is 6.32. The van der Waals surface area contributed by atoms with Crippen molar-refractivity contribution >= 4 is 24.0 Å². The molecule has 1 amide bonds. The monoisotopic (exact) mass is 577 g/mol. The fourth-order valence-corrected chi connectivity index (χ4v) is 5.52. The van der Waals surface area contributed by atoms with Crippen LogP contribution in [0.4, 0.5) is 0 Å². The third-order valence-corrected chi connectivity index (χ3v) is 8.11. The van der Waals surface area contributed by atoms with Crippen LogP contribution in [-0.2, 0) is 9.53 Å². The number of hydrogen-bond donors (Lipinski definition) is 1. The van der Waals surface area contributed by atoms with Crippen LogP contribution in [0.15, 0.2) is 54.6 Å². The summed E-state index contributed by atoms with van der Waals surface area (Å²) in [6.07, 6.45) is 3.80. The van der Waals surface area contributed by atoms with E-state index in [1.807, 2.05) is 36.4 Å². The number of carbonyl (C=O) groups excluding carboxylic acids is 2. The van der Waals surface area contributed by atoms with Gasteiger partial charge < -0.3 is 19.7 Å². The minimum Gasteiger partial charge on any atom is -0.492 e. The van der Waals surface area contributed by atoms with Crippen LogP contribution in [-0.4, -0.2) is 60.7 Å². The molecule has 1 aliphatic rings. The van der Waals surface area contributed by atoms with Crippen molar-refractivity contribution in [2.45, 2.75) is 65.0 Å². The second-order valence-corrected chi connectivity index (χ2v) is 10.9. The van der Waals surface area contributed by atoms with E-state index in [-0.39, 0.29) is 18.1 Å². The maximum atomic E-state index is 13.3. The Morgan fingerprint density at radius 1 is 1.05 bits per heavy atom. The molecule has 8 heteroatoms. The van der Waals surface area contributed by atoms with Gasteiger partial charge in [0.15, 0.2) is 0 Å². The summed E-state index contributed by atoms with van der Waals surface area (Å²) in [4.78, 5) is 31.2. The Morgan fingerprint density at radius 3 is 2.51 bits per heavy atom. The minimum absolute atomic E-state index is 0.0159. The smallest absolute Gasteiger partial charge is 0.293 e. The Hall–Kier alpha value is -3.42. The maximum Gasteiger partial charge on any atom is 0.293 e. The number of nitrogens with zero attached hydrogens (tertiary/aromatic N) is 2. The molecule has 4 rings (SSSR count). The Morgan fingerprint density at radius 2 is 1.80 bits per heavy atom. The number of aryl methyl sites for hydroxylation is 1. The van der Waals surface area contributed by atoms with Crippen molar-refractivity contribution in [2.24, 2.45) is 0 Å². The summed E-state index contributed by atoms with van der Waals surface area (Å²) in [6.45, 7) is 10.4. The van der Waals surface area contributed by atoms with Gasteiger partial charge in [0.05, 0.1) is 17.3 Å². The van der Waals surface area contributed by atoms with Gasteiger partial charge in [-0.15, -0.1) is 0 Å². The van der Waals surface area contributed by atoms with Crippen molar-refractivity contribution in [1.29, 1.82) is 0 Å². The van der Waals surface area contributed by atoms with Gasteiger partial charge in [0.1, 0.15) is 17.5 Å². The number of aromatic nitrogens is 1. The first-order valence-electron chi connectivity index (χ1n) is 14.6. The molecule has 1 aliphatic carbocycles. The molecule has 0 radical (unpaired) electrons. The fourth-order valence-electron chi connectivity index (χ4n) is 5.35. The lowest BCUT2D eigenvalue weighted by Gasteiger charge is -2.27. The Balaban J connectivity index is 1.59. The summed E-state index contributed by atoms with van der Waals surface area (Å²) in [5.41, 5.74) is 4.96. The van der Waals surface area contributed by atoms with Crippen molar-refractivity contribution in [3.05, 3.63) is 70.9 Å². The number of nitrogens with one attached hydrogen (secondary N) is 1. The normalized spacial score (nSPS) is 16.8. The molecule has 7 nitrogen and oxygen atoms in total. The minimum atomic E-state index is -0.218. The summed E-state index contributed by atoms with van der Waals surface area (Å²) in [7, 11) is 0. The molecule has 1 N–H and O–H groups in total.